The van der Waals surface area contributed by atoms with E-state index in [9.17, 15) is 75.2 Å². The third kappa shape index (κ3) is 27.7. The van der Waals surface area contributed by atoms with Crippen LogP contribution in [0.5, 0.6) is 0 Å². The SMILES string of the molecule is CCCCCCCCCCCCCC=CC=CC(=O)OCC(COP(=O)(O)OC1C(OC2OC(CO)C(O)C(O)C2O)C(O)C(O)C(O)C1OC1OC(CO)C(O)C(O)C1O)OC(=O)CCCCCCCCCCCCCCCCCC. The zero-order valence-corrected chi connectivity index (χ0v) is 49.7. The Morgan fingerprint density at radius 2 is 0.878 bits per heavy atom. The van der Waals surface area contributed by atoms with Gasteiger partial charge in [-0.2, -0.15) is 0 Å². The predicted octanol–water partition coefficient (Wildman–Crippen LogP) is 4.88. The maximum Gasteiger partial charge on any atom is 0.472 e. The number of esters is 2. The van der Waals surface area contributed by atoms with Gasteiger partial charge >= 0.3 is 19.8 Å². The molecule has 3 fully saturated rings. The highest BCUT2D eigenvalue weighted by Crippen LogP contribution is 2.49. The molecule has 12 N–H and O–H groups in total. The summed E-state index contributed by atoms with van der Waals surface area (Å²) >= 11 is 0. The van der Waals surface area contributed by atoms with E-state index in [1.165, 1.54) is 122 Å². The molecule has 16 unspecified atom stereocenters. The number of hydrogen-bond acceptors (Lipinski definition) is 22. The Morgan fingerprint density at radius 3 is 1.29 bits per heavy atom. The van der Waals surface area contributed by atoms with E-state index in [2.05, 4.69) is 13.8 Å². The second-order valence-electron chi connectivity index (χ2n) is 22.3. The lowest BCUT2D eigenvalue weighted by Crippen LogP contribution is -2.69. The van der Waals surface area contributed by atoms with Gasteiger partial charge in [-0.3, -0.25) is 13.8 Å². The average molecular weight is 1200 g/mol. The lowest BCUT2D eigenvalue weighted by molar-refractivity contribution is -0.360. The second kappa shape index (κ2) is 42.7. The van der Waals surface area contributed by atoms with Crippen molar-refractivity contribution >= 4 is 19.8 Å². The van der Waals surface area contributed by atoms with Crippen molar-refractivity contribution in [3.8, 4) is 0 Å². The lowest BCUT2D eigenvalue weighted by Gasteiger charge is -2.49. The van der Waals surface area contributed by atoms with Crippen LogP contribution in [0, 0.1) is 0 Å². The minimum absolute atomic E-state index is 0.0475. The summed E-state index contributed by atoms with van der Waals surface area (Å²) in [4.78, 5) is 37.4. The highest BCUT2D eigenvalue weighted by molar-refractivity contribution is 7.47. The van der Waals surface area contributed by atoms with E-state index in [0.717, 1.165) is 63.9 Å². The minimum Gasteiger partial charge on any atom is -0.458 e. The molecule has 3 rings (SSSR count). The zero-order chi connectivity index (χ0) is 60.3. The number of unbranched alkanes of at least 4 members (excludes halogenated alkanes) is 26. The number of aliphatic hydroxyl groups excluding tert-OH is 11. The maximum atomic E-state index is 14.0. The molecular weight excluding hydrogens is 1100 g/mol. The van der Waals surface area contributed by atoms with E-state index in [0.29, 0.717) is 6.42 Å². The van der Waals surface area contributed by atoms with Crippen LogP contribution in [0.25, 0.3) is 0 Å². The van der Waals surface area contributed by atoms with Gasteiger partial charge in [-0.15, -0.1) is 0 Å². The van der Waals surface area contributed by atoms with Gasteiger partial charge in [-0.05, 0) is 19.3 Å². The topological polar surface area (TPSA) is 368 Å². The Morgan fingerprint density at radius 1 is 0.488 bits per heavy atom. The van der Waals surface area contributed by atoms with Crippen LogP contribution in [0.1, 0.15) is 200 Å². The van der Waals surface area contributed by atoms with E-state index < -0.39 is 150 Å². The summed E-state index contributed by atoms with van der Waals surface area (Å²) in [7, 11) is -5.66. The largest absolute Gasteiger partial charge is 0.472 e. The number of phosphoric ester groups is 1. The molecule has 0 aromatic carbocycles. The van der Waals surface area contributed by atoms with Crippen LogP contribution in [0.15, 0.2) is 24.3 Å². The normalized spacial score (nSPS) is 30.9. The minimum atomic E-state index is -5.66. The summed E-state index contributed by atoms with van der Waals surface area (Å²) in [5.41, 5.74) is 0. The van der Waals surface area contributed by atoms with Crippen LogP contribution >= 0.6 is 7.82 Å². The van der Waals surface area contributed by atoms with Gasteiger partial charge in [0, 0.05) is 12.5 Å². The molecule has 1 saturated carbocycles. The number of aliphatic hydroxyl groups is 11. The molecule has 2 saturated heterocycles. The van der Waals surface area contributed by atoms with Gasteiger partial charge in [-0.25, -0.2) is 9.36 Å². The average Bonchev–Trinajstić information content (AvgIpc) is 3.64. The van der Waals surface area contributed by atoms with E-state index in [1.807, 2.05) is 6.08 Å². The predicted molar refractivity (Wildman–Crippen MR) is 300 cm³/mol. The molecule has 2 heterocycles. The first-order chi connectivity index (χ1) is 39.4. The molecular formula is C58H105O23P. The van der Waals surface area contributed by atoms with E-state index in [4.69, 9.17) is 37.5 Å². The maximum absolute atomic E-state index is 14.0. The summed E-state index contributed by atoms with van der Waals surface area (Å²) in [6.07, 6.45) is 3.58. The number of carbonyl (C=O) groups excluding carboxylic acids is 2. The van der Waals surface area contributed by atoms with E-state index >= 15 is 0 Å². The fourth-order valence-corrected chi connectivity index (χ4v) is 11.2. The summed E-state index contributed by atoms with van der Waals surface area (Å²) < 4.78 is 58.0. The molecule has 0 bridgehead atoms. The molecule has 2 aliphatic heterocycles. The van der Waals surface area contributed by atoms with Crippen LogP contribution < -0.4 is 0 Å². The summed E-state index contributed by atoms with van der Waals surface area (Å²) in [5.74, 6) is -1.58. The van der Waals surface area contributed by atoms with E-state index in [-0.39, 0.29) is 6.42 Å². The number of allylic oxidation sites excluding steroid dienone is 3. The Hall–Kier alpha value is -2.07. The second-order valence-corrected chi connectivity index (χ2v) is 23.7. The molecule has 480 valence electrons. The highest BCUT2D eigenvalue weighted by atomic mass is 31.2. The molecule has 23 nitrogen and oxygen atoms in total. The van der Waals surface area contributed by atoms with Gasteiger partial charge in [0.15, 0.2) is 18.7 Å². The van der Waals surface area contributed by atoms with Gasteiger partial charge in [0.25, 0.3) is 0 Å². The fraction of sp³-hybridized carbons (Fsp3) is 0.897. The lowest BCUT2D eigenvalue weighted by atomic mass is 9.84. The molecule has 16 atom stereocenters. The first-order valence-electron chi connectivity index (χ1n) is 30.7. The molecule has 82 heavy (non-hydrogen) atoms. The number of ether oxygens (including phenoxy) is 6. The standard InChI is InChI=1S/C58H105O23P/c1-3-5-7-9-11-13-15-17-19-21-23-25-27-29-31-33-35-44(62)76-40(38-74-43(61)34-32-30-28-26-24-22-20-18-16-14-12-10-8-6-4-2)39-75-82(72,73)81-56-54(79-57-52(70)47(65)45(63)41(36-59)77-57)50(68)49(67)51(69)55(56)80-58-53(71)48(66)46(64)42(37-60)78-58/h28,30,32,34,40-42,45-60,63-71H,3-27,29,31,33,35-39H2,1-2H3,(H,72,73). The number of rotatable bonds is 45. The highest BCUT2D eigenvalue weighted by Gasteiger charge is 2.58. The Balaban J connectivity index is 1.70. The fourth-order valence-electron chi connectivity index (χ4n) is 10.3. The summed E-state index contributed by atoms with van der Waals surface area (Å²) in [6, 6.07) is 0. The number of hydrogen-bond donors (Lipinski definition) is 12. The van der Waals surface area contributed by atoms with Gasteiger partial charge in [0.1, 0.15) is 92.1 Å². The van der Waals surface area contributed by atoms with Crippen molar-refractivity contribution in [1.29, 1.82) is 0 Å². The van der Waals surface area contributed by atoms with Gasteiger partial charge in [0.05, 0.1) is 19.8 Å². The Kier molecular flexibility index (Phi) is 38.6. The van der Waals surface area contributed by atoms with Crippen molar-refractivity contribution in [3.63, 3.8) is 0 Å². The Labute approximate surface area is 485 Å². The summed E-state index contributed by atoms with van der Waals surface area (Å²) in [6.45, 7) is 0.913. The van der Waals surface area contributed by atoms with Gasteiger partial charge < -0.3 is 89.5 Å². The molecule has 24 heteroatoms. The third-order valence-electron chi connectivity index (χ3n) is 15.4. The monoisotopic (exact) mass is 1200 g/mol. The smallest absolute Gasteiger partial charge is 0.458 e. The van der Waals surface area contributed by atoms with Crippen molar-refractivity contribution in [2.45, 2.75) is 304 Å². The van der Waals surface area contributed by atoms with Crippen molar-refractivity contribution in [2.24, 2.45) is 0 Å². The van der Waals surface area contributed by atoms with Crippen molar-refractivity contribution in [3.05, 3.63) is 24.3 Å². The molecule has 0 amide bonds. The molecule has 0 aromatic rings. The van der Waals surface area contributed by atoms with Crippen LogP contribution in [-0.2, 0) is 51.6 Å². The van der Waals surface area contributed by atoms with Gasteiger partial charge in [0.2, 0.25) is 0 Å². The van der Waals surface area contributed by atoms with Gasteiger partial charge in [-0.1, -0.05) is 193 Å². The zero-order valence-electron chi connectivity index (χ0n) is 48.8. The molecule has 0 spiro atoms. The first kappa shape index (κ1) is 74.2. The number of phosphoric acid groups is 1. The number of carbonyl (C=O) groups is 2. The molecule has 1 aliphatic carbocycles. The molecule has 0 aromatic heterocycles. The van der Waals surface area contributed by atoms with E-state index in [1.54, 1.807) is 6.08 Å². The summed E-state index contributed by atoms with van der Waals surface area (Å²) in [5, 5.41) is 117. The Bertz CT molecular complexity index is 1720. The van der Waals surface area contributed by atoms with Crippen molar-refractivity contribution < 1.29 is 113 Å². The quantitative estimate of drug-likeness (QED) is 0.0127. The van der Waals surface area contributed by atoms with Crippen molar-refractivity contribution in [1.82, 2.24) is 0 Å². The first-order valence-corrected chi connectivity index (χ1v) is 32.2. The van der Waals surface area contributed by atoms with Crippen LogP contribution in [0.2, 0.25) is 0 Å². The molecule has 3 aliphatic rings. The molecule has 0 radical (unpaired) electrons. The third-order valence-corrected chi connectivity index (χ3v) is 16.4. The van der Waals surface area contributed by atoms with Crippen LogP contribution in [-0.4, -0.2) is 204 Å². The van der Waals surface area contributed by atoms with Crippen LogP contribution in [0.3, 0.4) is 0 Å². The van der Waals surface area contributed by atoms with Crippen molar-refractivity contribution in [2.75, 3.05) is 26.4 Å². The van der Waals surface area contributed by atoms with Crippen LogP contribution in [0.4, 0.5) is 0 Å².